The van der Waals surface area contributed by atoms with Crippen LogP contribution in [0.5, 0.6) is 0 Å². The van der Waals surface area contributed by atoms with E-state index >= 15 is 0 Å². The molecule has 0 radical (unpaired) electrons. The Morgan fingerprint density at radius 2 is 2.00 bits per heavy atom. The molecule has 1 aliphatic carbocycles. The third-order valence-corrected chi connectivity index (χ3v) is 4.14. The Morgan fingerprint density at radius 1 is 1.35 bits per heavy atom. The van der Waals surface area contributed by atoms with E-state index in [0.29, 0.717) is 0 Å². The molecular weight excluding hydrogens is 254 g/mol. The Labute approximate surface area is 120 Å². The van der Waals surface area contributed by atoms with Crippen molar-refractivity contribution in [1.29, 1.82) is 0 Å². The van der Waals surface area contributed by atoms with Crippen molar-refractivity contribution < 1.29 is 15.0 Å². The van der Waals surface area contributed by atoms with Gasteiger partial charge in [-0.15, -0.1) is 0 Å². The topological polar surface area (TPSA) is 60.8 Å². The average molecular weight is 277 g/mol. The lowest BCUT2D eigenvalue weighted by Crippen LogP contribution is -2.39. The van der Waals surface area contributed by atoms with E-state index in [2.05, 4.69) is 17.0 Å². The molecule has 1 unspecified atom stereocenters. The fourth-order valence-electron chi connectivity index (χ4n) is 2.62. The maximum absolute atomic E-state index is 11.0. The molecule has 1 aromatic carbocycles. The highest BCUT2D eigenvalue weighted by Gasteiger charge is 2.46. The molecule has 4 nitrogen and oxygen atoms in total. The molecule has 1 saturated carbocycles. The Bertz CT molecular complexity index is 442. The Kier molecular flexibility index (Phi) is 4.78. The molecule has 1 atom stereocenters. The first-order chi connectivity index (χ1) is 9.54. The van der Waals surface area contributed by atoms with Crippen LogP contribution in [-0.4, -0.2) is 40.3 Å². The van der Waals surface area contributed by atoms with Gasteiger partial charge >= 0.3 is 5.97 Å². The summed E-state index contributed by atoms with van der Waals surface area (Å²) in [6, 6.07) is 10.2. The predicted molar refractivity (Wildman–Crippen MR) is 77.3 cm³/mol. The lowest BCUT2D eigenvalue weighted by molar-refractivity contribution is -0.138. The highest BCUT2D eigenvalue weighted by Crippen LogP contribution is 2.49. The van der Waals surface area contributed by atoms with E-state index in [1.165, 1.54) is 5.56 Å². The van der Waals surface area contributed by atoms with Crippen molar-refractivity contribution in [3.63, 3.8) is 0 Å². The van der Waals surface area contributed by atoms with E-state index in [0.717, 1.165) is 25.9 Å². The molecule has 110 valence electrons. The zero-order valence-electron chi connectivity index (χ0n) is 12.0. The number of rotatable bonds is 8. The number of hydrogen-bond acceptors (Lipinski definition) is 3. The summed E-state index contributed by atoms with van der Waals surface area (Å²) >= 11 is 0. The van der Waals surface area contributed by atoms with Gasteiger partial charge in [-0.25, -0.2) is 0 Å². The highest BCUT2D eigenvalue weighted by atomic mass is 16.4. The van der Waals surface area contributed by atoms with Crippen molar-refractivity contribution in [2.75, 3.05) is 13.2 Å². The number of hydrogen-bond donors (Lipinski definition) is 2. The van der Waals surface area contributed by atoms with Crippen LogP contribution in [0.2, 0.25) is 0 Å². The van der Waals surface area contributed by atoms with Gasteiger partial charge in [0.1, 0.15) is 0 Å². The zero-order valence-corrected chi connectivity index (χ0v) is 12.0. The van der Waals surface area contributed by atoms with Crippen LogP contribution < -0.4 is 0 Å². The summed E-state index contributed by atoms with van der Waals surface area (Å²) in [6.07, 6.45) is 2.18. The van der Waals surface area contributed by atoms with Crippen LogP contribution in [0, 0.1) is 5.41 Å². The van der Waals surface area contributed by atoms with Crippen LogP contribution in [0.3, 0.4) is 0 Å². The van der Waals surface area contributed by atoms with E-state index in [1.54, 1.807) is 0 Å². The number of aliphatic hydroxyl groups excluding tert-OH is 1. The normalized spacial score (nSPS) is 17.9. The zero-order chi connectivity index (χ0) is 14.6. The van der Waals surface area contributed by atoms with Gasteiger partial charge < -0.3 is 10.2 Å². The standard InChI is InChI=1S/C16H23NO3/c1-13(11-18)17(10-14-5-3-2-4-6-14)12-16(7-8-16)9-15(19)20/h2-6,13,18H,7-12H2,1H3,(H,19,20). The number of aliphatic carboxylic acids is 1. The third kappa shape index (κ3) is 4.05. The average Bonchev–Trinajstić information content (AvgIpc) is 3.17. The molecule has 1 aliphatic rings. The van der Waals surface area contributed by atoms with E-state index in [-0.39, 0.29) is 24.5 Å². The molecule has 0 bridgehead atoms. The lowest BCUT2D eigenvalue weighted by atomic mass is 10.0. The summed E-state index contributed by atoms with van der Waals surface area (Å²) < 4.78 is 0. The summed E-state index contributed by atoms with van der Waals surface area (Å²) in [5.41, 5.74) is 1.11. The minimum Gasteiger partial charge on any atom is -0.481 e. The third-order valence-electron chi connectivity index (χ3n) is 4.14. The summed E-state index contributed by atoms with van der Waals surface area (Å²) in [5, 5.41) is 18.4. The Balaban J connectivity index is 2.03. The summed E-state index contributed by atoms with van der Waals surface area (Å²) in [4.78, 5) is 13.2. The fraction of sp³-hybridized carbons (Fsp3) is 0.562. The minimum absolute atomic E-state index is 0.0430. The van der Waals surface area contributed by atoms with Gasteiger partial charge in [-0.3, -0.25) is 9.69 Å². The van der Waals surface area contributed by atoms with Crippen molar-refractivity contribution in [3.8, 4) is 0 Å². The van der Waals surface area contributed by atoms with E-state index in [4.69, 9.17) is 5.11 Å². The molecule has 0 aromatic heterocycles. The molecule has 2 rings (SSSR count). The van der Waals surface area contributed by atoms with Crippen molar-refractivity contribution in [1.82, 2.24) is 4.90 Å². The van der Waals surface area contributed by atoms with Gasteiger partial charge in [0.15, 0.2) is 0 Å². The van der Waals surface area contributed by atoms with Gasteiger partial charge in [-0.1, -0.05) is 30.3 Å². The quantitative estimate of drug-likeness (QED) is 0.764. The first-order valence-electron chi connectivity index (χ1n) is 7.15. The molecule has 0 aliphatic heterocycles. The summed E-state index contributed by atoms with van der Waals surface area (Å²) in [5.74, 6) is -0.723. The van der Waals surface area contributed by atoms with Crippen LogP contribution in [0.25, 0.3) is 0 Å². The highest BCUT2D eigenvalue weighted by molar-refractivity contribution is 5.68. The SMILES string of the molecule is CC(CO)N(Cc1ccccc1)CC1(CC(=O)O)CC1. The largest absolute Gasteiger partial charge is 0.481 e. The molecule has 1 fully saturated rings. The maximum Gasteiger partial charge on any atom is 0.303 e. The van der Waals surface area contributed by atoms with E-state index in [9.17, 15) is 9.90 Å². The molecule has 4 heteroatoms. The lowest BCUT2D eigenvalue weighted by Gasteiger charge is -2.31. The van der Waals surface area contributed by atoms with Crippen molar-refractivity contribution >= 4 is 5.97 Å². The van der Waals surface area contributed by atoms with Gasteiger partial charge in [0, 0.05) is 19.1 Å². The molecule has 20 heavy (non-hydrogen) atoms. The molecule has 1 aromatic rings. The smallest absolute Gasteiger partial charge is 0.303 e. The minimum atomic E-state index is -0.723. The van der Waals surface area contributed by atoms with Crippen LogP contribution in [0.15, 0.2) is 30.3 Å². The second kappa shape index (κ2) is 6.37. The van der Waals surface area contributed by atoms with Gasteiger partial charge in [0.05, 0.1) is 13.0 Å². The summed E-state index contributed by atoms with van der Waals surface area (Å²) in [6.45, 7) is 3.58. The Morgan fingerprint density at radius 3 is 2.50 bits per heavy atom. The Hall–Kier alpha value is -1.39. The first-order valence-corrected chi connectivity index (χ1v) is 7.15. The molecule has 2 N–H and O–H groups in total. The number of carboxylic acid groups (broad SMARTS) is 1. The van der Waals surface area contributed by atoms with Gasteiger partial charge in [-0.05, 0) is 30.7 Å². The van der Waals surface area contributed by atoms with Gasteiger partial charge in [0.2, 0.25) is 0 Å². The van der Waals surface area contributed by atoms with Crippen molar-refractivity contribution in [2.45, 2.75) is 38.8 Å². The predicted octanol–water partition coefficient (Wildman–Crippen LogP) is 2.12. The van der Waals surface area contributed by atoms with Crippen LogP contribution in [-0.2, 0) is 11.3 Å². The van der Waals surface area contributed by atoms with Gasteiger partial charge in [0.25, 0.3) is 0 Å². The molecule has 0 heterocycles. The van der Waals surface area contributed by atoms with Crippen molar-refractivity contribution in [2.24, 2.45) is 5.41 Å². The van der Waals surface area contributed by atoms with E-state index in [1.807, 2.05) is 25.1 Å². The number of benzene rings is 1. The van der Waals surface area contributed by atoms with Crippen LogP contribution >= 0.6 is 0 Å². The summed E-state index contributed by atoms with van der Waals surface area (Å²) in [7, 11) is 0. The number of carbonyl (C=O) groups is 1. The van der Waals surface area contributed by atoms with Crippen LogP contribution in [0.1, 0.15) is 31.7 Å². The van der Waals surface area contributed by atoms with Crippen molar-refractivity contribution in [3.05, 3.63) is 35.9 Å². The number of carboxylic acids is 1. The molecule has 0 amide bonds. The molecule has 0 spiro atoms. The maximum atomic E-state index is 11.0. The first kappa shape index (κ1) is 15.0. The fourth-order valence-corrected chi connectivity index (χ4v) is 2.62. The number of nitrogens with zero attached hydrogens (tertiary/aromatic N) is 1. The van der Waals surface area contributed by atoms with Crippen LogP contribution in [0.4, 0.5) is 0 Å². The molecular formula is C16H23NO3. The second-order valence-electron chi connectivity index (χ2n) is 5.99. The molecule has 0 saturated heterocycles. The number of aliphatic hydroxyl groups is 1. The van der Waals surface area contributed by atoms with E-state index < -0.39 is 5.97 Å². The second-order valence-corrected chi connectivity index (χ2v) is 5.99. The van der Waals surface area contributed by atoms with Gasteiger partial charge in [-0.2, -0.15) is 0 Å². The monoisotopic (exact) mass is 277 g/mol.